The average Bonchev–Trinajstić information content (AvgIpc) is 3.09. The molecule has 2 aromatic carbocycles. The highest BCUT2D eigenvalue weighted by atomic mass is 32.1. The minimum atomic E-state index is -0.144. The Labute approximate surface area is 185 Å². The Bertz CT molecular complexity index is 1310. The zero-order chi connectivity index (χ0) is 22.3. The van der Waals surface area contributed by atoms with Crippen LogP contribution in [0.25, 0.3) is 32.7 Å². The fourth-order valence-corrected chi connectivity index (χ4v) is 4.77. The molecule has 2 aromatic heterocycles. The van der Waals surface area contributed by atoms with Gasteiger partial charge in [0.25, 0.3) is 5.56 Å². The van der Waals surface area contributed by atoms with Crippen molar-refractivity contribution in [2.45, 2.75) is 33.1 Å². The number of H-pyrrole nitrogens is 1. The van der Waals surface area contributed by atoms with Gasteiger partial charge < -0.3 is 14.5 Å². The molecule has 0 saturated carbocycles. The van der Waals surface area contributed by atoms with Gasteiger partial charge in [0.15, 0.2) is 11.5 Å². The summed E-state index contributed by atoms with van der Waals surface area (Å²) in [6, 6.07) is 13.9. The molecule has 0 amide bonds. The fourth-order valence-electron chi connectivity index (χ4n) is 3.72. The summed E-state index contributed by atoms with van der Waals surface area (Å²) in [5.74, 6) is 1.72. The van der Waals surface area contributed by atoms with Gasteiger partial charge in [0, 0.05) is 16.0 Å². The molecule has 2 heterocycles. The molecule has 0 fully saturated rings. The van der Waals surface area contributed by atoms with Gasteiger partial charge in [0.1, 0.15) is 10.7 Å². The van der Waals surface area contributed by atoms with Crippen LogP contribution in [-0.4, -0.2) is 24.2 Å². The molecule has 160 valence electrons. The van der Waals surface area contributed by atoms with Crippen LogP contribution in [0.15, 0.2) is 47.3 Å². The third kappa shape index (κ3) is 3.83. The van der Waals surface area contributed by atoms with Crippen LogP contribution in [0, 0.1) is 6.92 Å². The van der Waals surface area contributed by atoms with Gasteiger partial charge in [-0.2, -0.15) is 0 Å². The van der Waals surface area contributed by atoms with Gasteiger partial charge in [0.2, 0.25) is 0 Å². The average molecular weight is 435 g/mol. The van der Waals surface area contributed by atoms with Crippen LogP contribution in [-0.2, 0) is 5.41 Å². The van der Waals surface area contributed by atoms with Crippen molar-refractivity contribution in [2.24, 2.45) is 0 Å². The van der Waals surface area contributed by atoms with E-state index < -0.39 is 0 Å². The zero-order valence-electron chi connectivity index (χ0n) is 18.6. The summed E-state index contributed by atoms with van der Waals surface area (Å²) in [5.41, 5.74) is 3.94. The van der Waals surface area contributed by atoms with Gasteiger partial charge in [0.05, 0.1) is 19.6 Å². The second kappa shape index (κ2) is 7.85. The highest BCUT2D eigenvalue weighted by Crippen LogP contribution is 2.37. The SMILES string of the molecule is COc1ccc(-c2nc3sc(C)c(-c4ccc(C(C)(C)C)cc4)c3c(=O)[nH]2)cc1OC. The van der Waals surface area contributed by atoms with Crippen LogP contribution < -0.4 is 15.0 Å². The molecule has 6 heteroatoms. The second-order valence-corrected chi connectivity index (χ2v) is 9.73. The van der Waals surface area contributed by atoms with E-state index >= 15 is 0 Å². The van der Waals surface area contributed by atoms with Crippen molar-refractivity contribution in [3.8, 4) is 34.0 Å². The van der Waals surface area contributed by atoms with Crippen LogP contribution in [0.2, 0.25) is 0 Å². The van der Waals surface area contributed by atoms with Crippen LogP contribution in [0.4, 0.5) is 0 Å². The van der Waals surface area contributed by atoms with Crippen LogP contribution in [0.3, 0.4) is 0 Å². The van der Waals surface area contributed by atoms with Gasteiger partial charge in [-0.25, -0.2) is 4.98 Å². The number of ether oxygens (including phenoxy) is 2. The van der Waals surface area contributed by atoms with Gasteiger partial charge in [-0.1, -0.05) is 45.0 Å². The third-order valence-electron chi connectivity index (χ3n) is 5.43. The Hall–Kier alpha value is -3.12. The predicted octanol–water partition coefficient (Wildman–Crippen LogP) is 5.94. The first-order chi connectivity index (χ1) is 14.7. The number of fused-ring (bicyclic) bond motifs is 1. The predicted molar refractivity (Wildman–Crippen MR) is 128 cm³/mol. The summed E-state index contributed by atoms with van der Waals surface area (Å²) >= 11 is 1.54. The van der Waals surface area contributed by atoms with Gasteiger partial charge in [-0.3, -0.25) is 4.79 Å². The maximum atomic E-state index is 13.1. The van der Waals surface area contributed by atoms with Crippen LogP contribution in [0.5, 0.6) is 11.5 Å². The number of aromatic amines is 1. The molecule has 31 heavy (non-hydrogen) atoms. The highest BCUT2D eigenvalue weighted by molar-refractivity contribution is 7.19. The first-order valence-electron chi connectivity index (χ1n) is 10.1. The van der Waals surface area contributed by atoms with Crippen molar-refractivity contribution < 1.29 is 9.47 Å². The molecule has 4 rings (SSSR count). The van der Waals surface area contributed by atoms with E-state index in [2.05, 4.69) is 50.0 Å². The summed E-state index contributed by atoms with van der Waals surface area (Å²) < 4.78 is 10.7. The zero-order valence-corrected chi connectivity index (χ0v) is 19.4. The first kappa shape index (κ1) is 21.1. The lowest BCUT2D eigenvalue weighted by atomic mass is 9.86. The number of thiophene rings is 1. The number of benzene rings is 2. The number of methoxy groups -OCH3 is 2. The monoisotopic (exact) mass is 434 g/mol. The van der Waals surface area contributed by atoms with E-state index in [-0.39, 0.29) is 11.0 Å². The molecule has 4 aromatic rings. The Morgan fingerprint density at radius 1 is 0.935 bits per heavy atom. The summed E-state index contributed by atoms with van der Waals surface area (Å²) in [7, 11) is 3.18. The molecule has 0 saturated heterocycles. The topological polar surface area (TPSA) is 64.2 Å². The van der Waals surface area contributed by atoms with Gasteiger partial charge in [-0.05, 0) is 41.7 Å². The van der Waals surface area contributed by atoms with Crippen molar-refractivity contribution in [3.05, 3.63) is 63.3 Å². The molecule has 0 spiro atoms. The number of rotatable bonds is 4. The van der Waals surface area contributed by atoms with Crippen molar-refractivity contribution >= 4 is 21.6 Å². The minimum Gasteiger partial charge on any atom is -0.493 e. The van der Waals surface area contributed by atoms with Crippen molar-refractivity contribution in [3.63, 3.8) is 0 Å². The van der Waals surface area contributed by atoms with Crippen LogP contribution >= 0.6 is 11.3 Å². The summed E-state index contributed by atoms with van der Waals surface area (Å²) in [6.45, 7) is 8.61. The second-order valence-electron chi connectivity index (χ2n) is 8.53. The molecule has 0 aliphatic rings. The molecule has 0 aliphatic heterocycles. The van der Waals surface area contributed by atoms with E-state index in [9.17, 15) is 4.79 Å². The normalized spacial score (nSPS) is 11.7. The van der Waals surface area contributed by atoms with E-state index in [4.69, 9.17) is 14.5 Å². The Kier molecular flexibility index (Phi) is 5.35. The molecule has 1 N–H and O–H groups in total. The van der Waals surface area contributed by atoms with Crippen molar-refractivity contribution in [1.29, 1.82) is 0 Å². The molecule has 0 unspecified atom stereocenters. The number of aryl methyl sites for hydroxylation is 1. The van der Waals surface area contributed by atoms with E-state index in [0.29, 0.717) is 22.7 Å². The number of nitrogens with one attached hydrogen (secondary N) is 1. The maximum absolute atomic E-state index is 13.1. The molecule has 0 atom stereocenters. The van der Waals surface area contributed by atoms with E-state index in [0.717, 1.165) is 26.4 Å². The van der Waals surface area contributed by atoms with Crippen molar-refractivity contribution in [2.75, 3.05) is 14.2 Å². The minimum absolute atomic E-state index is 0.0810. The largest absolute Gasteiger partial charge is 0.493 e. The first-order valence-corrected chi connectivity index (χ1v) is 10.9. The number of hydrogen-bond acceptors (Lipinski definition) is 5. The summed E-state index contributed by atoms with van der Waals surface area (Å²) in [5, 5.41) is 0.634. The Morgan fingerprint density at radius 3 is 2.19 bits per heavy atom. The highest BCUT2D eigenvalue weighted by Gasteiger charge is 2.19. The van der Waals surface area contributed by atoms with E-state index in [1.54, 1.807) is 20.3 Å². The molecule has 5 nitrogen and oxygen atoms in total. The molecule has 0 radical (unpaired) electrons. The lowest BCUT2D eigenvalue weighted by Crippen LogP contribution is -2.11. The molecular weight excluding hydrogens is 408 g/mol. The van der Waals surface area contributed by atoms with Crippen LogP contribution in [0.1, 0.15) is 31.2 Å². The standard InChI is InChI=1S/C25H26N2O3S/c1-14-20(15-7-10-17(11-8-15)25(2,3)4)21-23(28)26-22(27-24(21)31-14)16-9-12-18(29-5)19(13-16)30-6/h7-13H,1-6H3,(H,26,27,28). The van der Waals surface area contributed by atoms with Gasteiger partial charge in [-0.15, -0.1) is 11.3 Å². The Morgan fingerprint density at radius 2 is 1.58 bits per heavy atom. The number of nitrogens with zero attached hydrogens (tertiary/aromatic N) is 1. The Balaban J connectivity index is 1.84. The quantitative estimate of drug-likeness (QED) is 0.432. The molecule has 0 aliphatic carbocycles. The fraction of sp³-hybridized carbons (Fsp3) is 0.280. The summed E-state index contributed by atoms with van der Waals surface area (Å²) in [6.07, 6.45) is 0. The van der Waals surface area contributed by atoms with Crippen molar-refractivity contribution in [1.82, 2.24) is 9.97 Å². The van der Waals surface area contributed by atoms with E-state index in [1.165, 1.54) is 16.9 Å². The maximum Gasteiger partial charge on any atom is 0.260 e. The lowest BCUT2D eigenvalue weighted by Gasteiger charge is -2.19. The molecular formula is C25H26N2O3S. The number of aromatic nitrogens is 2. The third-order valence-corrected chi connectivity index (χ3v) is 6.43. The van der Waals surface area contributed by atoms with E-state index in [1.807, 2.05) is 19.1 Å². The lowest BCUT2D eigenvalue weighted by molar-refractivity contribution is 0.355. The summed E-state index contributed by atoms with van der Waals surface area (Å²) in [4.78, 5) is 22.7. The van der Waals surface area contributed by atoms with Gasteiger partial charge >= 0.3 is 0 Å². The number of hydrogen-bond donors (Lipinski definition) is 1. The molecule has 0 bridgehead atoms. The smallest absolute Gasteiger partial charge is 0.260 e.